The van der Waals surface area contributed by atoms with Crippen molar-refractivity contribution < 1.29 is 9.21 Å². The number of thiophene rings is 1. The summed E-state index contributed by atoms with van der Waals surface area (Å²) in [5.74, 6) is 2.68. The van der Waals surface area contributed by atoms with Gasteiger partial charge in [0.05, 0.1) is 17.0 Å². The Morgan fingerprint density at radius 3 is 2.77 bits per heavy atom. The third-order valence-corrected chi connectivity index (χ3v) is 5.02. The summed E-state index contributed by atoms with van der Waals surface area (Å²) in [5, 5.41) is 2.00. The monoisotopic (exact) mass is 318 g/mol. The van der Waals surface area contributed by atoms with Crippen molar-refractivity contribution in [2.24, 2.45) is 11.8 Å². The molecule has 0 aromatic carbocycles. The highest BCUT2D eigenvalue weighted by Gasteiger charge is 2.26. The van der Waals surface area contributed by atoms with Gasteiger partial charge in [0.2, 0.25) is 11.8 Å². The molecule has 2 atom stereocenters. The van der Waals surface area contributed by atoms with Gasteiger partial charge in [0, 0.05) is 13.1 Å². The number of nitrogens with zero attached hydrogens (tertiary/aromatic N) is 2. The molecule has 2 aromatic heterocycles. The van der Waals surface area contributed by atoms with Gasteiger partial charge in [-0.3, -0.25) is 4.79 Å². The normalized spacial score (nSPS) is 22.0. The second-order valence-electron chi connectivity index (χ2n) is 6.42. The van der Waals surface area contributed by atoms with Crippen LogP contribution >= 0.6 is 11.3 Å². The predicted octanol–water partition coefficient (Wildman–Crippen LogP) is 3.76. The molecule has 118 valence electrons. The van der Waals surface area contributed by atoms with Crippen LogP contribution < -0.4 is 0 Å². The summed E-state index contributed by atoms with van der Waals surface area (Å²) in [6.07, 6.45) is 1.54. The van der Waals surface area contributed by atoms with Crippen LogP contribution in [0, 0.1) is 18.8 Å². The summed E-state index contributed by atoms with van der Waals surface area (Å²) in [6, 6.07) is 3.95. The maximum Gasteiger partial charge on any atom is 0.236 e. The first-order valence-corrected chi connectivity index (χ1v) is 8.69. The van der Waals surface area contributed by atoms with Crippen molar-refractivity contribution in [2.45, 2.75) is 33.6 Å². The highest BCUT2D eigenvalue weighted by atomic mass is 32.1. The Morgan fingerprint density at radius 1 is 1.41 bits per heavy atom. The van der Waals surface area contributed by atoms with Crippen LogP contribution in [0.2, 0.25) is 0 Å². The van der Waals surface area contributed by atoms with Crippen molar-refractivity contribution >= 4 is 17.2 Å². The standard InChI is InChI=1S/C17H22N2O2S/c1-11-7-12(2)10-19(9-11)16(20)8-14-13(3)21-17(18-14)15-5-4-6-22-15/h4-6,11-12H,7-10H2,1-3H3. The Balaban J connectivity index is 1.71. The van der Waals surface area contributed by atoms with Crippen LogP contribution in [0.25, 0.3) is 10.8 Å². The van der Waals surface area contributed by atoms with Gasteiger partial charge < -0.3 is 9.32 Å². The second kappa shape index (κ2) is 6.24. The average molecular weight is 318 g/mol. The molecule has 22 heavy (non-hydrogen) atoms. The molecule has 0 spiro atoms. The van der Waals surface area contributed by atoms with E-state index in [-0.39, 0.29) is 5.91 Å². The van der Waals surface area contributed by atoms with Crippen LogP contribution in [0.15, 0.2) is 21.9 Å². The lowest BCUT2D eigenvalue weighted by molar-refractivity contribution is -0.133. The van der Waals surface area contributed by atoms with Crippen molar-refractivity contribution in [1.82, 2.24) is 9.88 Å². The molecule has 1 aliphatic rings. The molecule has 1 aliphatic heterocycles. The Morgan fingerprint density at radius 2 is 2.14 bits per heavy atom. The summed E-state index contributed by atoms with van der Waals surface area (Å²) in [5.41, 5.74) is 0.763. The molecule has 5 heteroatoms. The molecular formula is C17H22N2O2S. The maximum absolute atomic E-state index is 12.6. The van der Waals surface area contributed by atoms with Crippen molar-refractivity contribution in [2.75, 3.05) is 13.1 Å². The summed E-state index contributed by atoms with van der Waals surface area (Å²) >= 11 is 1.59. The van der Waals surface area contributed by atoms with Crippen LogP contribution in [-0.4, -0.2) is 28.9 Å². The second-order valence-corrected chi connectivity index (χ2v) is 7.37. The molecule has 2 aromatic rings. The minimum Gasteiger partial charge on any atom is -0.440 e. The molecule has 0 N–H and O–H groups in total. The van der Waals surface area contributed by atoms with E-state index in [2.05, 4.69) is 18.8 Å². The van der Waals surface area contributed by atoms with Gasteiger partial charge in [-0.05, 0) is 36.6 Å². The number of hydrogen-bond acceptors (Lipinski definition) is 4. The van der Waals surface area contributed by atoms with E-state index in [1.807, 2.05) is 29.3 Å². The van der Waals surface area contributed by atoms with Gasteiger partial charge in [0.1, 0.15) is 5.76 Å². The molecule has 1 saturated heterocycles. The van der Waals surface area contributed by atoms with Gasteiger partial charge in [-0.2, -0.15) is 0 Å². The molecule has 0 saturated carbocycles. The lowest BCUT2D eigenvalue weighted by atomic mass is 9.91. The van der Waals surface area contributed by atoms with Crippen LogP contribution in [0.1, 0.15) is 31.7 Å². The first kappa shape index (κ1) is 15.3. The first-order chi connectivity index (χ1) is 10.5. The van der Waals surface area contributed by atoms with Crippen molar-refractivity contribution in [1.29, 1.82) is 0 Å². The molecule has 4 nitrogen and oxygen atoms in total. The topological polar surface area (TPSA) is 46.3 Å². The minimum absolute atomic E-state index is 0.160. The van der Waals surface area contributed by atoms with Gasteiger partial charge >= 0.3 is 0 Å². The highest BCUT2D eigenvalue weighted by molar-refractivity contribution is 7.13. The smallest absolute Gasteiger partial charge is 0.236 e. The van der Waals surface area contributed by atoms with Crippen molar-refractivity contribution in [3.05, 3.63) is 29.0 Å². The fraction of sp³-hybridized carbons (Fsp3) is 0.529. The van der Waals surface area contributed by atoms with E-state index < -0.39 is 0 Å². The quantitative estimate of drug-likeness (QED) is 0.865. The number of aryl methyl sites for hydroxylation is 1. The molecule has 2 unspecified atom stereocenters. The molecule has 3 heterocycles. The lowest BCUT2D eigenvalue weighted by Gasteiger charge is -2.35. The Labute approximate surface area is 135 Å². The van der Waals surface area contributed by atoms with Gasteiger partial charge in [-0.25, -0.2) is 4.98 Å². The molecule has 1 amide bonds. The zero-order chi connectivity index (χ0) is 15.7. The van der Waals surface area contributed by atoms with E-state index in [1.165, 1.54) is 6.42 Å². The summed E-state index contributed by atoms with van der Waals surface area (Å²) in [6.45, 7) is 8.03. The molecule has 3 rings (SSSR count). The van der Waals surface area contributed by atoms with E-state index in [1.54, 1.807) is 11.3 Å². The summed E-state index contributed by atoms with van der Waals surface area (Å²) in [7, 11) is 0. The number of hydrogen-bond donors (Lipinski definition) is 0. The van der Waals surface area contributed by atoms with E-state index >= 15 is 0 Å². The third-order valence-electron chi connectivity index (χ3n) is 4.16. The third kappa shape index (κ3) is 3.24. The molecule has 0 bridgehead atoms. The highest BCUT2D eigenvalue weighted by Crippen LogP contribution is 2.27. The van der Waals surface area contributed by atoms with E-state index in [9.17, 15) is 4.79 Å². The number of aromatic nitrogens is 1. The van der Waals surface area contributed by atoms with Crippen LogP contribution in [0.3, 0.4) is 0 Å². The van der Waals surface area contributed by atoms with Crippen molar-refractivity contribution in [3.8, 4) is 10.8 Å². The van der Waals surface area contributed by atoms with E-state index in [0.717, 1.165) is 29.4 Å². The SMILES string of the molecule is Cc1oc(-c2cccs2)nc1CC(=O)N1CC(C)CC(C)C1. The summed E-state index contributed by atoms with van der Waals surface area (Å²) in [4.78, 5) is 20.1. The fourth-order valence-electron chi connectivity index (χ4n) is 3.22. The number of piperidine rings is 1. The summed E-state index contributed by atoms with van der Waals surface area (Å²) < 4.78 is 5.72. The van der Waals surface area contributed by atoms with Crippen molar-refractivity contribution in [3.63, 3.8) is 0 Å². The van der Waals surface area contributed by atoms with Gasteiger partial charge in [0.25, 0.3) is 0 Å². The number of carbonyl (C=O) groups is 1. The largest absolute Gasteiger partial charge is 0.440 e. The predicted molar refractivity (Wildman–Crippen MR) is 87.8 cm³/mol. The Kier molecular flexibility index (Phi) is 4.34. The minimum atomic E-state index is 0.160. The van der Waals surface area contributed by atoms with Gasteiger partial charge in [-0.15, -0.1) is 11.3 Å². The number of carbonyl (C=O) groups excluding carboxylic acids is 1. The van der Waals surface area contributed by atoms with E-state index in [0.29, 0.717) is 24.1 Å². The molecule has 1 fully saturated rings. The molecule has 0 radical (unpaired) electrons. The van der Waals surface area contributed by atoms with E-state index in [4.69, 9.17) is 4.42 Å². The number of amides is 1. The molecular weight excluding hydrogens is 296 g/mol. The lowest BCUT2D eigenvalue weighted by Crippen LogP contribution is -2.43. The Bertz CT molecular complexity index is 638. The maximum atomic E-state index is 12.6. The fourth-order valence-corrected chi connectivity index (χ4v) is 3.87. The zero-order valence-electron chi connectivity index (χ0n) is 13.3. The van der Waals surface area contributed by atoms with Gasteiger partial charge in [-0.1, -0.05) is 19.9 Å². The average Bonchev–Trinajstić information content (AvgIpc) is 3.08. The Hall–Kier alpha value is -1.62. The van der Waals surface area contributed by atoms with Crippen LogP contribution in [0.5, 0.6) is 0 Å². The number of rotatable bonds is 3. The number of likely N-dealkylation sites (tertiary alicyclic amines) is 1. The number of oxazole rings is 1. The van der Waals surface area contributed by atoms with Gasteiger partial charge in [0.15, 0.2) is 0 Å². The van der Waals surface area contributed by atoms with Crippen LogP contribution in [0.4, 0.5) is 0 Å². The zero-order valence-corrected chi connectivity index (χ0v) is 14.2. The van der Waals surface area contributed by atoms with Crippen LogP contribution in [-0.2, 0) is 11.2 Å². The molecule has 0 aliphatic carbocycles. The first-order valence-electron chi connectivity index (χ1n) is 7.81.